The number of halogens is 2. The fourth-order valence-corrected chi connectivity index (χ4v) is 4.25. The molecule has 2 heterocycles. The molecule has 1 fully saturated rings. The summed E-state index contributed by atoms with van der Waals surface area (Å²) in [4.78, 5) is 30.1. The Morgan fingerprint density at radius 1 is 0.897 bits per heavy atom. The molecule has 2 aromatic rings. The van der Waals surface area contributed by atoms with Crippen molar-refractivity contribution in [3.05, 3.63) is 69.8 Å². The molecule has 0 aromatic heterocycles. The van der Waals surface area contributed by atoms with Crippen LogP contribution in [-0.4, -0.2) is 42.0 Å². The third-order valence-electron chi connectivity index (χ3n) is 5.02. The van der Waals surface area contributed by atoms with E-state index in [1.54, 1.807) is 48.5 Å². The average molecular weight is 431 g/mol. The highest BCUT2D eigenvalue weighted by atomic mass is 35.5. The normalized spacial score (nSPS) is 22.6. The summed E-state index contributed by atoms with van der Waals surface area (Å²) in [5, 5.41) is 0.902. The first-order valence-electron chi connectivity index (χ1n) is 9.40. The van der Waals surface area contributed by atoms with Crippen LogP contribution < -0.4 is 4.90 Å². The number of nitrogens with zero attached hydrogens (tertiary/aromatic N) is 2. The summed E-state index contributed by atoms with van der Waals surface area (Å²) in [6, 6.07) is 13.8. The van der Waals surface area contributed by atoms with Crippen LogP contribution >= 0.6 is 23.2 Å². The van der Waals surface area contributed by atoms with Crippen molar-refractivity contribution < 1.29 is 14.3 Å². The van der Waals surface area contributed by atoms with Gasteiger partial charge in [-0.25, -0.2) is 4.90 Å². The molecule has 4 rings (SSSR count). The highest BCUT2D eigenvalue weighted by Crippen LogP contribution is 2.38. The van der Waals surface area contributed by atoms with E-state index in [9.17, 15) is 9.59 Å². The maximum absolute atomic E-state index is 13.5. The third kappa shape index (κ3) is 3.66. The number of carbonyl (C=O) groups is 2. The molecule has 0 N–H and O–H groups in total. The summed E-state index contributed by atoms with van der Waals surface area (Å²) in [5.74, 6) is -0.776. The first-order valence-corrected chi connectivity index (χ1v) is 10.2. The Balaban J connectivity index is 1.85. The zero-order chi connectivity index (χ0) is 20.7. The van der Waals surface area contributed by atoms with Gasteiger partial charge in [-0.2, -0.15) is 0 Å². The Morgan fingerprint density at radius 2 is 1.52 bits per heavy atom. The van der Waals surface area contributed by atoms with Gasteiger partial charge in [-0.05, 0) is 43.7 Å². The minimum absolute atomic E-state index is 0.0602. The van der Waals surface area contributed by atoms with Crippen molar-refractivity contribution in [2.45, 2.75) is 26.1 Å². The van der Waals surface area contributed by atoms with Gasteiger partial charge < -0.3 is 9.64 Å². The minimum Gasteiger partial charge on any atom is -0.372 e. The van der Waals surface area contributed by atoms with Crippen LogP contribution in [0.4, 0.5) is 5.69 Å². The van der Waals surface area contributed by atoms with E-state index in [0.29, 0.717) is 45.7 Å². The van der Waals surface area contributed by atoms with E-state index in [4.69, 9.17) is 27.9 Å². The van der Waals surface area contributed by atoms with Crippen molar-refractivity contribution in [3.63, 3.8) is 0 Å². The Morgan fingerprint density at radius 3 is 2.14 bits per heavy atom. The first kappa shape index (κ1) is 20.0. The van der Waals surface area contributed by atoms with Crippen molar-refractivity contribution in [2.24, 2.45) is 0 Å². The largest absolute Gasteiger partial charge is 0.372 e. The number of rotatable bonds is 3. The standard InChI is InChI=1S/C22H20Cl2N2O3/c1-13-11-25(12-14(2)29-13)20-19(15-7-9-16(23)10-8-15)21(27)26(22(20)28)18-6-4-3-5-17(18)24/h3-10,13-14H,11-12H2,1-2H3. The predicted molar refractivity (Wildman–Crippen MR) is 114 cm³/mol. The second kappa shape index (κ2) is 7.82. The average Bonchev–Trinajstić information content (AvgIpc) is 2.93. The summed E-state index contributed by atoms with van der Waals surface area (Å²) in [6.45, 7) is 4.95. The molecule has 1 saturated heterocycles. The van der Waals surface area contributed by atoms with Crippen LogP contribution in [0.5, 0.6) is 0 Å². The third-order valence-corrected chi connectivity index (χ3v) is 5.59. The van der Waals surface area contributed by atoms with Gasteiger partial charge in [-0.15, -0.1) is 0 Å². The van der Waals surface area contributed by atoms with E-state index >= 15 is 0 Å². The van der Waals surface area contributed by atoms with Gasteiger partial charge >= 0.3 is 0 Å². The number of benzene rings is 2. The molecule has 0 aliphatic carbocycles. The summed E-state index contributed by atoms with van der Waals surface area (Å²) in [6.07, 6.45) is -0.120. The second-order valence-electron chi connectivity index (χ2n) is 7.29. The van der Waals surface area contributed by atoms with Crippen LogP contribution in [0.2, 0.25) is 10.0 Å². The molecular weight excluding hydrogens is 411 g/mol. The molecule has 150 valence electrons. The molecule has 29 heavy (non-hydrogen) atoms. The summed E-state index contributed by atoms with van der Waals surface area (Å²) >= 11 is 12.3. The summed E-state index contributed by atoms with van der Waals surface area (Å²) < 4.78 is 5.81. The number of ether oxygens (including phenoxy) is 1. The molecule has 2 aromatic carbocycles. The number of imide groups is 1. The number of hydrogen-bond acceptors (Lipinski definition) is 4. The minimum atomic E-state index is -0.396. The van der Waals surface area contributed by atoms with E-state index in [0.717, 1.165) is 4.90 Å². The number of amides is 2. The lowest BCUT2D eigenvalue weighted by atomic mass is 10.0. The molecule has 0 radical (unpaired) electrons. The predicted octanol–water partition coefficient (Wildman–Crippen LogP) is 4.39. The Labute approximate surface area is 179 Å². The fraction of sp³-hybridized carbons (Fsp3) is 0.273. The van der Waals surface area contributed by atoms with Crippen molar-refractivity contribution in [1.29, 1.82) is 0 Å². The number of hydrogen-bond donors (Lipinski definition) is 0. The lowest BCUT2D eigenvalue weighted by Crippen LogP contribution is -2.47. The van der Waals surface area contributed by atoms with E-state index in [-0.39, 0.29) is 18.1 Å². The van der Waals surface area contributed by atoms with Gasteiger partial charge in [0.1, 0.15) is 5.70 Å². The van der Waals surface area contributed by atoms with Gasteiger partial charge in [0.15, 0.2) is 0 Å². The number of morpholine rings is 1. The molecule has 2 atom stereocenters. The zero-order valence-corrected chi connectivity index (χ0v) is 17.6. The Kier molecular flexibility index (Phi) is 5.38. The zero-order valence-electron chi connectivity index (χ0n) is 16.1. The number of anilines is 1. The second-order valence-corrected chi connectivity index (χ2v) is 8.13. The van der Waals surface area contributed by atoms with Gasteiger partial charge in [0.05, 0.1) is 28.5 Å². The first-order chi connectivity index (χ1) is 13.9. The van der Waals surface area contributed by atoms with Gasteiger partial charge in [0.2, 0.25) is 0 Å². The molecule has 5 nitrogen and oxygen atoms in total. The number of para-hydroxylation sites is 1. The molecule has 2 aliphatic heterocycles. The Hall–Kier alpha value is -2.34. The SMILES string of the molecule is CC1CN(C2=C(c3ccc(Cl)cc3)C(=O)N(c3ccccc3Cl)C2=O)CC(C)O1. The van der Waals surface area contributed by atoms with Crippen LogP contribution in [0.3, 0.4) is 0 Å². The van der Waals surface area contributed by atoms with Crippen LogP contribution in [0.1, 0.15) is 19.4 Å². The molecule has 7 heteroatoms. The van der Waals surface area contributed by atoms with Gasteiger partial charge in [-0.3, -0.25) is 9.59 Å². The molecule has 2 unspecified atom stereocenters. The van der Waals surface area contributed by atoms with Gasteiger partial charge in [-0.1, -0.05) is 47.5 Å². The van der Waals surface area contributed by atoms with Crippen LogP contribution in [-0.2, 0) is 14.3 Å². The van der Waals surface area contributed by atoms with Crippen LogP contribution in [0.25, 0.3) is 5.57 Å². The topological polar surface area (TPSA) is 49.9 Å². The van der Waals surface area contributed by atoms with E-state index < -0.39 is 5.91 Å². The molecule has 2 aliphatic rings. The quantitative estimate of drug-likeness (QED) is 0.677. The molecule has 0 spiro atoms. The van der Waals surface area contributed by atoms with Crippen LogP contribution in [0, 0.1) is 0 Å². The molecule has 0 saturated carbocycles. The highest BCUT2D eigenvalue weighted by Gasteiger charge is 2.44. The maximum Gasteiger partial charge on any atom is 0.282 e. The smallest absolute Gasteiger partial charge is 0.282 e. The van der Waals surface area contributed by atoms with Crippen molar-refractivity contribution in [2.75, 3.05) is 18.0 Å². The van der Waals surface area contributed by atoms with Crippen molar-refractivity contribution in [3.8, 4) is 0 Å². The summed E-state index contributed by atoms with van der Waals surface area (Å²) in [7, 11) is 0. The highest BCUT2D eigenvalue weighted by molar-refractivity contribution is 6.47. The van der Waals surface area contributed by atoms with E-state index in [1.807, 2.05) is 18.7 Å². The van der Waals surface area contributed by atoms with Gasteiger partial charge in [0.25, 0.3) is 11.8 Å². The number of carbonyl (C=O) groups excluding carboxylic acids is 2. The lowest BCUT2D eigenvalue weighted by molar-refractivity contribution is -0.121. The molecule has 0 bridgehead atoms. The van der Waals surface area contributed by atoms with Gasteiger partial charge in [0, 0.05) is 18.1 Å². The van der Waals surface area contributed by atoms with Crippen molar-refractivity contribution in [1.82, 2.24) is 4.90 Å². The lowest BCUT2D eigenvalue weighted by Gasteiger charge is -2.37. The molecular formula is C22H20Cl2N2O3. The van der Waals surface area contributed by atoms with E-state index in [1.165, 1.54) is 0 Å². The fourth-order valence-electron chi connectivity index (χ4n) is 3.90. The van der Waals surface area contributed by atoms with E-state index in [2.05, 4.69) is 0 Å². The van der Waals surface area contributed by atoms with Crippen LogP contribution in [0.15, 0.2) is 54.2 Å². The molecule has 2 amide bonds. The maximum atomic E-state index is 13.5. The summed E-state index contributed by atoms with van der Waals surface area (Å²) in [5.41, 5.74) is 1.75. The van der Waals surface area contributed by atoms with Crippen molar-refractivity contribution >= 4 is 46.3 Å². The Bertz CT molecular complexity index is 993. The monoisotopic (exact) mass is 430 g/mol.